The first kappa shape index (κ1) is 11.6. The van der Waals surface area contributed by atoms with Crippen molar-refractivity contribution in [1.82, 2.24) is 4.98 Å². The van der Waals surface area contributed by atoms with Crippen LogP contribution in [0, 0.1) is 6.92 Å². The average Bonchev–Trinajstić information content (AvgIpc) is 2.30. The van der Waals surface area contributed by atoms with Crippen LogP contribution in [0.2, 0.25) is 5.02 Å². The van der Waals surface area contributed by atoms with Gasteiger partial charge >= 0.3 is 5.97 Å². The molecule has 0 saturated heterocycles. The first-order valence-corrected chi connectivity index (χ1v) is 5.43. The van der Waals surface area contributed by atoms with Crippen molar-refractivity contribution in [3.05, 3.63) is 52.7 Å². The van der Waals surface area contributed by atoms with Crippen LogP contribution < -0.4 is 0 Å². The van der Waals surface area contributed by atoms with Gasteiger partial charge in [-0.1, -0.05) is 29.8 Å². The van der Waals surface area contributed by atoms with Gasteiger partial charge < -0.3 is 5.11 Å². The first-order valence-electron chi connectivity index (χ1n) is 5.05. The van der Waals surface area contributed by atoms with E-state index in [0.29, 0.717) is 11.3 Å². The van der Waals surface area contributed by atoms with Gasteiger partial charge in [-0.25, -0.2) is 4.79 Å². The summed E-state index contributed by atoms with van der Waals surface area (Å²) < 4.78 is 0. The second-order valence-corrected chi connectivity index (χ2v) is 4.02. The van der Waals surface area contributed by atoms with E-state index < -0.39 is 5.97 Å². The molecule has 2 rings (SSSR count). The van der Waals surface area contributed by atoms with Crippen LogP contribution >= 0.6 is 11.6 Å². The Bertz CT molecular complexity index is 581. The Labute approximate surface area is 104 Å². The molecule has 1 heterocycles. The van der Waals surface area contributed by atoms with E-state index in [1.165, 1.54) is 6.07 Å². The minimum absolute atomic E-state index is 0.0919. The summed E-state index contributed by atoms with van der Waals surface area (Å²) in [6.45, 7) is 1.91. The Morgan fingerprint density at radius 1 is 1.29 bits per heavy atom. The minimum Gasteiger partial charge on any atom is -0.478 e. The Hall–Kier alpha value is -1.87. The van der Waals surface area contributed by atoms with Crippen molar-refractivity contribution in [2.24, 2.45) is 0 Å². The van der Waals surface area contributed by atoms with Crippen LogP contribution in [0.25, 0.3) is 11.3 Å². The number of hydrogen-bond donors (Lipinski definition) is 1. The molecule has 0 aliphatic rings. The largest absolute Gasteiger partial charge is 0.478 e. The highest BCUT2D eigenvalue weighted by molar-refractivity contribution is 6.36. The van der Waals surface area contributed by atoms with Gasteiger partial charge in [-0.05, 0) is 24.6 Å². The number of aromatic carboxylic acids is 1. The van der Waals surface area contributed by atoms with Gasteiger partial charge in [-0.15, -0.1) is 0 Å². The van der Waals surface area contributed by atoms with Crippen molar-refractivity contribution in [1.29, 1.82) is 0 Å². The Balaban J connectivity index is 2.65. The summed E-state index contributed by atoms with van der Waals surface area (Å²) in [6.07, 6.45) is 1.66. The number of nitrogens with zero attached hydrogens (tertiary/aromatic N) is 1. The molecule has 0 aliphatic heterocycles. The van der Waals surface area contributed by atoms with Crippen LogP contribution in [0.5, 0.6) is 0 Å². The van der Waals surface area contributed by atoms with Crippen LogP contribution in [-0.4, -0.2) is 16.1 Å². The number of hydrogen-bond acceptors (Lipinski definition) is 2. The monoisotopic (exact) mass is 247 g/mol. The lowest BCUT2D eigenvalue weighted by molar-refractivity contribution is 0.0697. The third kappa shape index (κ3) is 2.15. The summed E-state index contributed by atoms with van der Waals surface area (Å²) in [7, 11) is 0. The van der Waals surface area contributed by atoms with E-state index in [4.69, 9.17) is 16.7 Å². The predicted octanol–water partition coefficient (Wildman–Crippen LogP) is 3.41. The molecule has 0 radical (unpaired) electrons. The van der Waals surface area contributed by atoms with Crippen LogP contribution in [0.1, 0.15) is 15.9 Å². The zero-order chi connectivity index (χ0) is 12.4. The highest BCUT2D eigenvalue weighted by Crippen LogP contribution is 2.31. The topological polar surface area (TPSA) is 50.2 Å². The Kier molecular flexibility index (Phi) is 3.11. The Morgan fingerprint density at radius 2 is 2.06 bits per heavy atom. The second-order valence-electron chi connectivity index (χ2n) is 3.64. The van der Waals surface area contributed by atoms with Gasteiger partial charge in [0.2, 0.25) is 0 Å². The molecule has 1 aromatic carbocycles. The number of carboxylic acids is 1. The molecule has 0 amide bonds. The van der Waals surface area contributed by atoms with Crippen molar-refractivity contribution < 1.29 is 9.90 Å². The van der Waals surface area contributed by atoms with E-state index in [1.54, 1.807) is 18.3 Å². The molecule has 0 atom stereocenters. The smallest absolute Gasteiger partial charge is 0.337 e. The number of rotatable bonds is 2. The molecule has 1 aromatic heterocycles. The third-order valence-corrected chi connectivity index (χ3v) is 2.90. The van der Waals surface area contributed by atoms with Gasteiger partial charge in [-0.3, -0.25) is 4.98 Å². The molecule has 17 heavy (non-hydrogen) atoms. The molecule has 0 bridgehead atoms. The highest BCUT2D eigenvalue weighted by atomic mass is 35.5. The summed E-state index contributed by atoms with van der Waals surface area (Å²) in [5.74, 6) is -1.04. The first-order chi connectivity index (χ1) is 8.11. The van der Waals surface area contributed by atoms with Gasteiger partial charge in [-0.2, -0.15) is 0 Å². The van der Waals surface area contributed by atoms with Gasteiger partial charge in [0.15, 0.2) is 0 Å². The van der Waals surface area contributed by atoms with E-state index in [2.05, 4.69) is 4.98 Å². The zero-order valence-electron chi connectivity index (χ0n) is 9.14. The fourth-order valence-corrected chi connectivity index (χ4v) is 1.94. The van der Waals surface area contributed by atoms with Crippen molar-refractivity contribution in [2.45, 2.75) is 6.92 Å². The number of halogens is 1. The molecular weight excluding hydrogens is 238 g/mol. The average molecular weight is 248 g/mol. The van der Waals surface area contributed by atoms with Crippen molar-refractivity contribution in [2.75, 3.05) is 0 Å². The molecule has 1 N–H and O–H groups in total. The quantitative estimate of drug-likeness (QED) is 0.885. The molecule has 0 fully saturated rings. The van der Waals surface area contributed by atoms with E-state index in [0.717, 1.165) is 5.56 Å². The SMILES string of the molecule is Cc1cccnc1-c1cccc(C(=O)O)c1Cl. The molecular formula is C13H10ClNO2. The van der Waals surface area contributed by atoms with Crippen LogP contribution in [0.4, 0.5) is 0 Å². The van der Waals surface area contributed by atoms with Crippen LogP contribution in [0.3, 0.4) is 0 Å². The van der Waals surface area contributed by atoms with Crippen molar-refractivity contribution >= 4 is 17.6 Å². The predicted molar refractivity (Wildman–Crippen MR) is 66.4 cm³/mol. The molecule has 2 aromatic rings. The lowest BCUT2D eigenvalue weighted by atomic mass is 10.0. The van der Waals surface area contributed by atoms with Gasteiger partial charge in [0.05, 0.1) is 16.3 Å². The molecule has 0 aliphatic carbocycles. The second kappa shape index (κ2) is 4.55. The summed E-state index contributed by atoms with van der Waals surface area (Å²) in [4.78, 5) is 15.2. The maximum absolute atomic E-state index is 11.0. The number of carbonyl (C=O) groups is 1. The fraction of sp³-hybridized carbons (Fsp3) is 0.0769. The van der Waals surface area contributed by atoms with E-state index >= 15 is 0 Å². The number of carboxylic acid groups (broad SMARTS) is 1. The van der Waals surface area contributed by atoms with Gasteiger partial charge in [0.25, 0.3) is 0 Å². The number of benzene rings is 1. The Morgan fingerprint density at radius 3 is 2.71 bits per heavy atom. The van der Waals surface area contributed by atoms with E-state index in [1.807, 2.05) is 19.1 Å². The number of pyridine rings is 1. The number of aromatic nitrogens is 1. The molecule has 86 valence electrons. The van der Waals surface area contributed by atoms with Crippen molar-refractivity contribution in [3.63, 3.8) is 0 Å². The lowest BCUT2D eigenvalue weighted by Crippen LogP contribution is -1.99. The van der Waals surface area contributed by atoms with Crippen LogP contribution in [-0.2, 0) is 0 Å². The standard InChI is InChI=1S/C13H10ClNO2/c1-8-4-3-7-15-12(8)9-5-2-6-10(11(9)14)13(16)17/h2-7H,1H3,(H,16,17). The fourth-order valence-electron chi connectivity index (χ4n) is 1.65. The summed E-state index contributed by atoms with van der Waals surface area (Å²) in [5, 5.41) is 9.23. The third-order valence-electron chi connectivity index (χ3n) is 2.49. The van der Waals surface area contributed by atoms with Gasteiger partial charge in [0.1, 0.15) is 0 Å². The minimum atomic E-state index is -1.04. The molecule has 0 unspecified atom stereocenters. The zero-order valence-corrected chi connectivity index (χ0v) is 9.90. The van der Waals surface area contributed by atoms with Crippen molar-refractivity contribution in [3.8, 4) is 11.3 Å². The molecule has 3 nitrogen and oxygen atoms in total. The van der Waals surface area contributed by atoms with Crippen LogP contribution in [0.15, 0.2) is 36.5 Å². The molecule has 0 saturated carbocycles. The summed E-state index contributed by atoms with van der Waals surface area (Å²) >= 11 is 6.09. The normalized spacial score (nSPS) is 10.2. The summed E-state index contributed by atoms with van der Waals surface area (Å²) in [5.41, 5.74) is 2.40. The maximum Gasteiger partial charge on any atom is 0.337 e. The van der Waals surface area contributed by atoms with E-state index in [-0.39, 0.29) is 10.6 Å². The maximum atomic E-state index is 11.0. The van der Waals surface area contributed by atoms with Gasteiger partial charge in [0, 0.05) is 11.8 Å². The molecule has 4 heteroatoms. The lowest BCUT2D eigenvalue weighted by Gasteiger charge is -2.08. The number of aryl methyl sites for hydroxylation is 1. The molecule has 0 spiro atoms. The summed E-state index contributed by atoms with van der Waals surface area (Å²) in [6, 6.07) is 8.65. The highest BCUT2D eigenvalue weighted by Gasteiger charge is 2.14. The van der Waals surface area contributed by atoms with E-state index in [9.17, 15) is 4.79 Å².